The minimum Gasteiger partial charge on any atom is -0.413 e. The van der Waals surface area contributed by atoms with E-state index in [1.807, 2.05) is 18.2 Å². The first kappa shape index (κ1) is 17.0. The zero-order valence-electron chi connectivity index (χ0n) is 13.5. The molecule has 118 valence electrons. The van der Waals surface area contributed by atoms with Gasteiger partial charge in [0.05, 0.1) is 19.8 Å². The smallest absolute Gasteiger partial charge is 0.192 e. The van der Waals surface area contributed by atoms with Gasteiger partial charge in [0, 0.05) is 5.02 Å². The Hall–Kier alpha value is -0.393. The van der Waals surface area contributed by atoms with E-state index in [1.165, 1.54) is 0 Å². The van der Waals surface area contributed by atoms with Crippen molar-refractivity contribution in [1.29, 1.82) is 0 Å². The Morgan fingerprint density at radius 1 is 1.33 bits per heavy atom. The third-order valence-electron chi connectivity index (χ3n) is 4.67. The first-order chi connectivity index (χ1) is 9.55. The molecule has 5 heteroatoms. The zero-order valence-corrected chi connectivity index (χ0v) is 15.3. The Kier molecular flexibility index (Phi) is 4.58. The van der Waals surface area contributed by atoms with Crippen LogP contribution in [-0.4, -0.2) is 26.6 Å². The fourth-order valence-corrected chi connectivity index (χ4v) is 3.08. The predicted octanol–water partition coefficient (Wildman–Crippen LogP) is 4.08. The molecule has 1 aromatic carbocycles. The summed E-state index contributed by atoms with van der Waals surface area (Å²) in [5, 5.41) is 11.1. The molecule has 0 amide bonds. The number of aliphatic hydroxyl groups is 1. The molecule has 1 fully saturated rings. The van der Waals surface area contributed by atoms with Crippen LogP contribution >= 0.6 is 11.6 Å². The van der Waals surface area contributed by atoms with E-state index in [1.54, 1.807) is 0 Å². The monoisotopic (exact) mass is 328 g/mol. The van der Waals surface area contributed by atoms with E-state index < -0.39 is 13.9 Å². The van der Waals surface area contributed by atoms with Crippen LogP contribution in [0.2, 0.25) is 23.2 Å². The molecule has 21 heavy (non-hydrogen) atoms. The average molecular weight is 329 g/mol. The van der Waals surface area contributed by atoms with Gasteiger partial charge in [-0.15, -0.1) is 0 Å². The quantitative estimate of drug-likeness (QED) is 0.846. The maximum absolute atomic E-state index is 10.3. The molecule has 0 unspecified atom stereocenters. The van der Waals surface area contributed by atoms with Crippen LogP contribution in [0.1, 0.15) is 31.9 Å². The SMILES string of the molecule is CC(C)(C)[Si](C)(C)OCc1ccc(C2(O)COC2)cc1Cl. The lowest BCUT2D eigenvalue weighted by Gasteiger charge is -2.37. The summed E-state index contributed by atoms with van der Waals surface area (Å²) in [6.07, 6.45) is 0. The lowest BCUT2D eigenvalue weighted by molar-refractivity contribution is -0.184. The van der Waals surface area contributed by atoms with E-state index >= 15 is 0 Å². The molecule has 0 aliphatic carbocycles. The summed E-state index contributed by atoms with van der Waals surface area (Å²) < 4.78 is 11.3. The molecule has 1 N–H and O–H groups in total. The van der Waals surface area contributed by atoms with Gasteiger partial charge >= 0.3 is 0 Å². The molecular weight excluding hydrogens is 304 g/mol. The molecule has 1 saturated heterocycles. The Morgan fingerprint density at radius 2 is 1.95 bits per heavy atom. The van der Waals surface area contributed by atoms with Crippen molar-refractivity contribution in [3.8, 4) is 0 Å². The molecule has 2 rings (SSSR count). The van der Waals surface area contributed by atoms with Crippen molar-refractivity contribution in [2.75, 3.05) is 13.2 Å². The van der Waals surface area contributed by atoms with Gasteiger partial charge < -0.3 is 14.3 Å². The zero-order chi connectivity index (χ0) is 15.9. The third-order valence-corrected chi connectivity index (χ3v) is 9.50. The Bertz CT molecular complexity index is 519. The summed E-state index contributed by atoms with van der Waals surface area (Å²) in [5.41, 5.74) is 0.909. The molecule has 0 bridgehead atoms. The number of hydrogen-bond acceptors (Lipinski definition) is 3. The van der Waals surface area contributed by atoms with Crippen LogP contribution in [-0.2, 0) is 21.4 Å². The maximum atomic E-state index is 10.3. The van der Waals surface area contributed by atoms with Gasteiger partial charge in [-0.2, -0.15) is 0 Å². The van der Waals surface area contributed by atoms with E-state index in [0.717, 1.165) is 11.1 Å². The summed E-state index contributed by atoms with van der Waals surface area (Å²) in [5.74, 6) is 0. The van der Waals surface area contributed by atoms with E-state index in [-0.39, 0.29) is 5.04 Å². The fourth-order valence-electron chi connectivity index (χ4n) is 1.89. The predicted molar refractivity (Wildman–Crippen MR) is 88.2 cm³/mol. The molecule has 0 saturated carbocycles. The minimum absolute atomic E-state index is 0.178. The molecule has 0 atom stereocenters. The lowest BCUT2D eigenvalue weighted by atomic mass is 9.91. The highest BCUT2D eigenvalue weighted by Gasteiger charge is 2.39. The summed E-state index contributed by atoms with van der Waals surface area (Å²) in [7, 11) is -1.78. The molecular formula is C16H25ClO3Si. The van der Waals surface area contributed by atoms with E-state index in [0.29, 0.717) is 24.8 Å². The van der Waals surface area contributed by atoms with Gasteiger partial charge in [0.1, 0.15) is 5.60 Å². The fraction of sp³-hybridized carbons (Fsp3) is 0.625. The van der Waals surface area contributed by atoms with Crippen molar-refractivity contribution in [2.45, 2.75) is 51.1 Å². The summed E-state index contributed by atoms with van der Waals surface area (Å²) in [6.45, 7) is 12.3. The third kappa shape index (κ3) is 3.51. The number of benzene rings is 1. The largest absolute Gasteiger partial charge is 0.413 e. The second-order valence-electron chi connectivity index (χ2n) is 7.38. The number of halogens is 1. The molecule has 0 radical (unpaired) electrons. The minimum atomic E-state index is -1.78. The molecule has 1 aliphatic heterocycles. The molecule has 1 aliphatic rings. The van der Waals surface area contributed by atoms with E-state index in [9.17, 15) is 5.11 Å². The van der Waals surface area contributed by atoms with Crippen molar-refractivity contribution in [3.63, 3.8) is 0 Å². The van der Waals surface area contributed by atoms with Crippen LogP contribution in [0.3, 0.4) is 0 Å². The van der Waals surface area contributed by atoms with Crippen LogP contribution in [0.4, 0.5) is 0 Å². The first-order valence-corrected chi connectivity index (χ1v) is 10.6. The second kappa shape index (κ2) is 5.67. The van der Waals surface area contributed by atoms with Crippen LogP contribution in [0, 0.1) is 0 Å². The topological polar surface area (TPSA) is 38.7 Å². The highest BCUT2D eigenvalue weighted by atomic mass is 35.5. The van der Waals surface area contributed by atoms with Gasteiger partial charge in [-0.1, -0.05) is 44.5 Å². The Morgan fingerprint density at radius 3 is 2.38 bits per heavy atom. The lowest BCUT2D eigenvalue weighted by Crippen LogP contribution is -2.46. The first-order valence-electron chi connectivity index (χ1n) is 7.28. The van der Waals surface area contributed by atoms with Gasteiger partial charge in [0.2, 0.25) is 0 Å². The standard InChI is InChI=1S/C16H25ClO3Si/c1-15(2,3)21(4,5)20-9-12-6-7-13(8-14(12)17)16(18)10-19-11-16/h6-8,18H,9-11H2,1-5H3. The summed E-state index contributed by atoms with van der Waals surface area (Å²) >= 11 is 6.34. The second-order valence-corrected chi connectivity index (χ2v) is 12.6. The van der Waals surface area contributed by atoms with E-state index in [2.05, 4.69) is 33.9 Å². The maximum Gasteiger partial charge on any atom is 0.192 e. The van der Waals surface area contributed by atoms with Gasteiger partial charge in [0.25, 0.3) is 0 Å². The van der Waals surface area contributed by atoms with Crippen molar-refractivity contribution < 1.29 is 14.3 Å². The van der Waals surface area contributed by atoms with Crippen molar-refractivity contribution in [1.82, 2.24) is 0 Å². The normalized spacial score (nSPS) is 18.4. The number of ether oxygens (including phenoxy) is 1. The van der Waals surface area contributed by atoms with Crippen LogP contribution in [0.25, 0.3) is 0 Å². The highest BCUT2D eigenvalue weighted by molar-refractivity contribution is 6.74. The van der Waals surface area contributed by atoms with Gasteiger partial charge in [-0.25, -0.2) is 0 Å². The average Bonchev–Trinajstić information content (AvgIpc) is 2.33. The molecule has 1 aromatic rings. The van der Waals surface area contributed by atoms with Crippen molar-refractivity contribution in [2.24, 2.45) is 0 Å². The molecule has 0 aromatic heterocycles. The molecule has 1 heterocycles. The van der Waals surface area contributed by atoms with Gasteiger partial charge in [-0.3, -0.25) is 0 Å². The van der Waals surface area contributed by atoms with Gasteiger partial charge in [-0.05, 0) is 35.3 Å². The van der Waals surface area contributed by atoms with Crippen molar-refractivity contribution >= 4 is 19.9 Å². The summed E-state index contributed by atoms with van der Waals surface area (Å²) in [4.78, 5) is 0. The summed E-state index contributed by atoms with van der Waals surface area (Å²) in [6, 6.07) is 5.69. The highest BCUT2D eigenvalue weighted by Crippen LogP contribution is 2.38. The molecule has 3 nitrogen and oxygen atoms in total. The Labute approximate surface area is 133 Å². The van der Waals surface area contributed by atoms with Gasteiger partial charge in [0.15, 0.2) is 8.32 Å². The van der Waals surface area contributed by atoms with E-state index in [4.69, 9.17) is 20.8 Å². The number of hydrogen-bond donors (Lipinski definition) is 1. The van der Waals surface area contributed by atoms with Crippen molar-refractivity contribution in [3.05, 3.63) is 34.3 Å². The van der Waals surface area contributed by atoms with Crippen LogP contribution in [0.15, 0.2) is 18.2 Å². The van der Waals surface area contributed by atoms with Crippen LogP contribution < -0.4 is 0 Å². The number of rotatable bonds is 4. The molecule has 0 spiro atoms. The van der Waals surface area contributed by atoms with Crippen LogP contribution in [0.5, 0.6) is 0 Å². The Balaban J connectivity index is 2.08.